The molecule has 13 heteroatoms. The van der Waals surface area contributed by atoms with E-state index in [0.29, 0.717) is 10.9 Å². The molecule has 3 aromatic carbocycles. The fourth-order valence-corrected chi connectivity index (χ4v) is 5.96. The topological polar surface area (TPSA) is 107 Å². The Balaban J connectivity index is 1.70. The molecule has 224 valence electrons. The van der Waals surface area contributed by atoms with Gasteiger partial charge in [0.2, 0.25) is 6.43 Å². The molecule has 0 bridgehead atoms. The Labute approximate surface area is 253 Å². The van der Waals surface area contributed by atoms with Crippen LogP contribution in [0.2, 0.25) is 5.02 Å². The lowest BCUT2D eigenvalue weighted by molar-refractivity contribution is 0.126. The Kier molecular flexibility index (Phi) is 7.43. The number of phenolic OH excluding ortho intramolecular Hbond substituents is 1. The fraction of sp³-hybridized carbons (Fsp3) is 0.194. The highest BCUT2D eigenvalue weighted by atomic mass is 35.5. The molecule has 8 nitrogen and oxygen atoms in total. The van der Waals surface area contributed by atoms with Gasteiger partial charge in [-0.3, -0.25) is 0 Å². The van der Waals surface area contributed by atoms with E-state index in [2.05, 4.69) is 20.9 Å². The molecule has 1 aliphatic rings. The van der Waals surface area contributed by atoms with E-state index in [0.717, 1.165) is 6.07 Å². The van der Waals surface area contributed by atoms with Crippen molar-refractivity contribution in [2.45, 2.75) is 18.9 Å². The summed E-state index contributed by atoms with van der Waals surface area (Å²) in [6, 6.07) is 6.90. The summed E-state index contributed by atoms with van der Waals surface area (Å²) in [5.74, 6) is 0.293. The average Bonchev–Trinajstić information content (AvgIpc) is 3.19. The molecule has 3 heterocycles. The zero-order valence-corrected chi connectivity index (χ0v) is 23.7. The molecule has 2 aromatic heterocycles. The van der Waals surface area contributed by atoms with Crippen molar-refractivity contribution < 1.29 is 32.1 Å². The quantitative estimate of drug-likeness (QED) is 0.160. The summed E-state index contributed by atoms with van der Waals surface area (Å²) in [6.07, 6.45) is 3.65. The zero-order chi connectivity index (χ0) is 31.3. The number of fused-ring (bicyclic) bond motifs is 1. The number of benzene rings is 3. The van der Waals surface area contributed by atoms with E-state index in [-0.39, 0.29) is 80.3 Å². The molecule has 5 aromatic rings. The maximum absolute atomic E-state index is 16.8. The number of phenols is 1. The van der Waals surface area contributed by atoms with Crippen molar-refractivity contribution in [1.82, 2.24) is 15.0 Å². The van der Waals surface area contributed by atoms with Crippen LogP contribution in [-0.4, -0.2) is 46.7 Å². The van der Waals surface area contributed by atoms with Gasteiger partial charge in [-0.25, -0.2) is 22.5 Å². The molecule has 0 saturated carbocycles. The minimum absolute atomic E-state index is 0.00442. The van der Waals surface area contributed by atoms with E-state index in [9.17, 15) is 18.3 Å². The monoisotopic (exact) mass is 623 g/mol. The standard InChI is InChI=1S/C31H22ClF4N5O3/c1-3-16-19(33)7-6-14-11-15(42)12-18(22(14)16)23-25(32)28-24-27(26(23)36)39-31(43-2)40-30(24)41(9-10-44-28)20(13-21(34)35)17-5-4-8-38-29(17)37/h1,4-8,11-12,20-21,42H,9-10,13H2,2H3,(H2,37,38)/t20-/m1/s1. The number of nitrogens with two attached hydrogens (primary N) is 1. The first kappa shape index (κ1) is 29.1. The molecule has 0 spiro atoms. The molecular formula is C31H22ClF4N5O3. The molecular weight excluding hydrogens is 602 g/mol. The van der Waals surface area contributed by atoms with Crippen molar-refractivity contribution in [3.05, 3.63) is 70.4 Å². The number of nitrogens with zero attached hydrogens (tertiary/aromatic N) is 4. The number of ether oxygens (including phenoxy) is 2. The second-order valence-corrected chi connectivity index (χ2v) is 10.3. The maximum atomic E-state index is 16.8. The maximum Gasteiger partial charge on any atom is 0.318 e. The number of alkyl halides is 2. The summed E-state index contributed by atoms with van der Waals surface area (Å²) < 4.78 is 71.0. The third kappa shape index (κ3) is 4.69. The van der Waals surface area contributed by atoms with Gasteiger partial charge in [0, 0.05) is 29.1 Å². The van der Waals surface area contributed by atoms with Gasteiger partial charge in [0.25, 0.3) is 0 Å². The smallest absolute Gasteiger partial charge is 0.318 e. The number of aromatic hydroxyl groups is 1. The van der Waals surface area contributed by atoms with Crippen molar-refractivity contribution in [1.29, 1.82) is 0 Å². The number of aromatic nitrogens is 3. The van der Waals surface area contributed by atoms with Gasteiger partial charge < -0.3 is 25.2 Å². The molecule has 0 fully saturated rings. The van der Waals surface area contributed by atoms with Crippen LogP contribution >= 0.6 is 11.6 Å². The highest BCUT2D eigenvalue weighted by Crippen LogP contribution is 2.51. The first-order chi connectivity index (χ1) is 21.1. The number of pyridine rings is 1. The number of nitrogen functional groups attached to an aromatic ring is 1. The second-order valence-electron chi connectivity index (χ2n) is 9.91. The molecule has 0 saturated heterocycles. The molecule has 1 atom stereocenters. The normalized spacial score (nSPS) is 13.5. The van der Waals surface area contributed by atoms with Crippen molar-refractivity contribution in [3.63, 3.8) is 0 Å². The predicted molar refractivity (Wildman–Crippen MR) is 158 cm³/mol. The van der Waals surface area contributed by atoms with Crippen LogP contribution in [0.5, 0.6) is 17.5 Å². The van der Waals surface area contributed by atoms with E-state index >= 15 is 4.39 Å². The van der Waals surface area contributed by atoms with Gasteiger partial charge in [0.1, 0.15) is 35.3 Å². The van der Waals surface area contributed by atoms with Gasteiger partial charge in [-0.05, 0) is 35.2 Å². The number of anilines is 2. The summed E-state index contributed by atoms with van der Waals surface area (Å²) in [7, 11) is 1.27. The molecule has 0 radical (unpaired) electrons. The van der Waals surface area contributed by atoms with Gasteiger partial charge in [-0.1, -0.05) is 29.7 Å². The highest BCUT2D eigenvalue weighted by molar-refractivity contribution is 6.37. The summed E-state index contributed by atoms with van der Waals surface area (Å²) in [5.41, 5.74) is 5.62. The molecule has 6 rings (SSSR count). The highest BCUT2D eigenvalue weighted by Gasteiger charge is 2.35. The average molecular weight is 624 g/mol. The van der Waals surface area contributed by atoms with Crippen LogP contribution in [0.4, 0.5) is 29.2 Å². The number of rotatable bonds is 6. The van der Waals surface area contributed by atoms with Gasteiger partial charge in [-0.15, -0.1) is 6.42 Å². The first-order valence-electron chi connectivity index (χ1n) is 13.2. The lowest BCUT2D eigenvalue weighted by Crippen LogP contribution is -2.34. The molecule has 0 aliphatic carbocycles. The second kappa shape index (κ2) is 11.2. The summed E-state index contributed by atoms with van der Waals surface area (Å²) in [4.78, 5) is 14.2. The number of methoxy groups -OCH3 is 1. The number of terminal acetylenes is 1. The Bertz CT molecular complexity index is 2000. The van der Waals surface area contributed by atoms with Gasteiger partial charge in [0.15, 0.2) is 11.6 Å². The predicted octanol–water partition coefficient (Wildman–Crippen LogP) is 6.65. The number of hydrogen-bond donors (Lipinski definition) is 2. The Hall–Kier alpha value is -5.02. The van der Waals surface area contributed by atoms with Crippen molar-refractivity contribution in [2.75, 3.05) is 30.9 Å². The largest absolute Gasteiger partial charge is 0.508 e. The van der Waals surface area contributed by atoms with E-state index in [1.807, 2.05) is 0 Å². The van der Waals surface area contributed by atoms with Crippen molar-refractivity contribution in [2.24, 2.45) is 0 Å². The Morgan fingerprint density at radius 1 is 1.20 bits per heavy atom. The third-order valence-electron chi connectivity index (χ3n) is 7.45. The summed E-state index contributed by atoms with van der Waals surface area (Å²) >= 11 is 6.87. The van der Waals surface area contributed by atoms with E-state index in [1.54, 1.807) is 12.1 Å². The molecule has 0 amide bonds. The van der Waals surface area contributed by atoms with E-state index in [4.69, 9.17) is 33.2 Å². The Morgan fingerprint density at radius 2 is 2.00 bits per heavy atom. The number of hydrogen-bond acceptors (Lipinski definition) is 8. The molecule has 3 N–H and O–H groups in total. The lowest BCUT2D eigenvalue weighted by Gasteiger charge is -2.32. The Morgan fingerprint density at radius 3 is 2.70 bits per heavy atom. The van der Waals surface area contributed by atoms with Crippen LogP contribution in [0.25, 0.3) is 32.8 Å². The minimum atomic E-state index is -2.75. The molecule has 44 heavy (non-hydrogen) atoms. The van der Waals surface area contributed by atoms with Crippen molar-refractivity contribution in [3.8, 4) is 41.0 Å². The van der Waals surface area contributed by atoms with E-state index < -0.39 is 30.5 Å². The van der Waals surface area contributed by atoms with Crippen LogP contribution in [-0.2, 0) is 0 Å². The molecule has 0 unspecified atom stereocenters. The lowest BCUT2D eigenvalue weighted by atomic mass is 9.92. The first-order valence-corrected chi connectivity index (χ1v) is 13.6. The van der Waals surface area contributed by atoms with Crippen LogP contribution in [0.15, 0.2) is 42.6 Å². The molecule has 1 aliphatic heterocycles. The van der Waals surface area contributed by atoms with Crippen molar-refractivity contribution >= 4 is 44.9 Å². The SMILES string of the molecule is C#Cc1c(F)ccc2cc(O)cc(-c3c(Cl)c4c5c(nc(OC)nc5c3F)N([C@H](CC(F)F)c3cccnc3N)CCO4)c12. The minimum Gasteiger partial charge on any atom is -0.508 e. The number of halogens is 5. The summed E-state index contributed by atoms with van der Waals surface area (Å²) in [5, 5.41) is 10.7. The zero-order valence-electron chi connectivity index (χ0n) is 22.9. The van der Waals surface area contributed by atoms with Crippen LogP contribution < -0.4 is 20.1 Å². The third-order valence-corrected chi connectivity index (χ3v) is 7.81. The van der Waals surface area contributed by atoms with Gasteiger partial charge in [-0.2, -0.15) is 9.97 Å². The van der Waals surface area contributed by atoms with Crippen LogP contribution in [0.3, 0.4) is 0 Å². The van der Waals surface area contributed by atoms with Gasteiger partial charge >= 0.3 is 6.01 Å². The van der Waals surface area contributed by atoms with Gasteiger partial charge in [0.05, 0.1) is 35.7 Å². The summed E-state index contributed by atoms with van der Waals surface area (Å²) in [6.45, 7) is -0.0893. The van der Waals surface area contributed by atoms with E-state index in [1.165, 1.54) is 36.4 Å². The van der Waals surface area contributed by atoms with Crippen LogP contribution in [0.1, 0.15) is 23.6 Å². The fourth-order valence-electron chi connectivity index (χ4n) is 5.63. The van der Waals surface area contributed by atoms with Crippen LogP contribution in [0, 0.1) is 24.0 Å².